The highest BCUT2D eigenvalue weighted by Gasteiger charge is 2.15. The maximum Gasteiger partial charge on any atom is 0.160 e. The van der Waals surface area contributed by atoms with Gasteiger partial charge < -0.3 is 0 Å². The lowest BCUT2D eigenvalue weighted by molar-refractivity contribution is 1.22. The molecule has 0 bridgehead atoms. The summed E-state index contributed by atoms with van der Waals surface area (Å²) in [5.74, 6) is 1.34. The van der Waals surface area contributed by atoms with Crippen molar-refractivity contribution in [2.75, 3.05) is 0 Å². The molecule has 0 saturated heterocycles. The summed E-state index contributed by atoms with van der Waals surface area (Å²) in [5.41, 5.74) is 12.3. The van der Waals surface area contributed by atoms with Crippen molar-refractivity contribution in [3.8, 4) is 67.5 Å². The van der Waals surface area contributed by atoms with Crippen LogP contribution in [0.5, 0.6) is 0 Å². The van der Waals surface area contributed by atoms with Gasteiger partial charge in [-0.3, -0.25) is 0 Å². The molecule has 0 atom stereocenters. The van der Waals surface area contributed by atoms with Crippen molar-refractivity contribution in [2.45, 2.75) is 0 Å². The number of hydrogen-bond acceptors (Lipinski definition) is 4. The quantitative estimate of drug-likeness (QED) is 0.170. The second-order valence-corrected chi connectivity index (χ2v) is 14.6. The van der Waals surface area contributed by atoms with Gasteiger partial charge in [-0.05, 0) is 55.9 Å². The molecule has 0 amide bonds. The van der Waals surface area contributed by atoms with Crippen LogP contribution in [0.15, 0.2) is 206 Å². The molecule has 0 aliphatic carbocycles. The van der Waals surface area contributed by atoms with Gasteiger partial charge in [0.2, 0.25) is 0 Å². The van der Waals surface area contributed by atoms with Crippen molar-refractivity contribution in [3.05, 3.63) is 206 Å². The van der Waals surface area contributed by atoms with Crippen LogP contribution in [0.2, 0.25) is 0 Å². The normalized spacial score (nSPS) is 11.4. The summed E-state index contributed by atoms with van der Waals surface area (Å²) in [5, 5.41) is 6.99. The second kappa shape index (κ2) is 14.0. The van der Waals surface area contributed by atoms with Gasteiger partial charge in [0.05, 0.1) is 22.4 Å². The third kappa shape index (κ3) is 5.96. The summed E-state index contributed by atoms with van der Waals surface area (Å²) in [6.45, 7) is 0. The van der Waals surface area contributed by atoms with Gasteiger partial charge in [0.1, 0.15) is 0 Å². The van der Waals surface area contributed by atoms with Crippen molar-refractivity contribution in [3.63, 3.8) is 0 Å². The van der Waals surface area contributed by atoms with E-state index in [1.165, 1.54) is 43.8 Å². The van der Waals surface area contributed by atoms with Crippen LogP contribution >= 0.6 is 0 Å². The van der Waals surface area contributed by atoms with Crippen molar-refractivity contribution in [1.29, 1.82) is 0 Å². The first kappa shape index (κ1) is 33.5. The summed E-state index contributed by atoms with van der Waals surface area (Å²) in [6, 6.07) is 72.2. The van der Waals surface area contributed by atoms with Crippen LogP contribution in [0.4, 0.5) is 0 Å². The predicted octanol–water partition coefficient (Wildman–Crippen LogP) is 13.9. The summed E-state index contributed by atoms with van der Waals surface area (Å²) >= 11 is 0. The standard InChI is InChI=1S/C54H34N4/c1-3-15-43-35(11-1)13-9-19-45(43)37-23-27-39(28-24-37)51-47-17-5-7-21-49(47)55-53(57-51)41-31-33-42(34-32-41)54-56-50-22-8-6-18-48(50)52(58-54)40-29-25-38(26-30-40)46-20-10-14-36-12-2-4-16-44(36)46/h1-34H. The van der Waals surface area contributed by atoms with Gasteiger partial charge in [-0.2, -0.15) is 0 Å². The summed E-state index contributed by atoms with van der Waals surface area (Å²) in [7, 11) is 0. The molecule has 0 aliphatic heterocycles. The smallest absolute Gasteiger partial charge is 0.160 e. The lowest BCUT2D eigenvalue weighted by Crippen LogP contribution is -1.97. The van der Waals surface area contributed by atoms with Gasteiger partial charge in [-0.1, -0.05) is 194 Å². The number of aromatic nitrogens is 4. The molecule has 4 nitrogen and oxygen atoms in total. The van der Waals surface area contributed by atoms with Crippen LogP contribution in [-0.4, -0.2) is 19.9 Å². The average molecular weight is 739 g/mol. The second-order valence-electron chi connectivity index (χ2n) is 14.6. The van der Waals surface area contributed by atoms with Gasteiger partial charge in [-0.15, -0.1) is 0 Å². The fourth-order valence-corrected chi connectivity index (χ4v) is 8.19. The Labute approximate surface area is 335 Å². The first-order chi connectivity index (χ1) is 28.7. The van der Waals surface area contributed by atoms with Crippen LogP contribution < -0.4 is 0 Å². The third-order valence-corrected chi connectivity index (χ3v) is 11.1. The zero-order valence-corrected chi connectivity index (χ0v) is 31.4. The number of benzene rings is 9. The first-order valence-electron chi connectivity index (χ1n) is 19.6. The van der Waals surface area contributed by atoms with Crippen molar-refractivity contribution in [1.82, 2.24) is 19.9 Å². The molecule has 270 valence electrons. The monoisotopic (exact) mass is 738 g/mol. The molecule has 0 N–H and O–H groups in total. The highest BCUT2D eigenvalue weighted by molar-refractivity contribution is 6.00. The number of para-hydroxylation sites is 2. The minimum absolute atomic E-state index is 0.671. The molecule has 2 aromatic heterocycles. The maximum atomic E-state index is 5.19. The molecule has 9 aromatic carbocycles. The Morgan fingerprint density at radius 2 is 0.552 bits per heavy atom. The van der Waals surface area contributed by atoms with Crippen LogP contribution in [-0.2, 0) is 0 Å². The maximum absolute atomic E-state index is 5.19. The molecule has 0 spiro atoms. The molecule has 0 aliphatic rings. The van der Waals surface area contributed by atoms with E-state index in [0.29, 0.717) is 11.6 Å². The third-order valence-electron chi connectivity index (χ3n) is 11.1. The molecule has 58 heavy (non-hydrogen) atoms. The molecule has 0 radical (unpaired) electrons. The number of rotatable bonds is 6. The first-order valence-corrected chi connectivity index (χ1v) is 19.6. The van der Waals surface area contributed by atoms with E-state index in [2.05, 4.69) is 182 Å². The van der Waals surface area contributed by atoms with Gasteiger partial charge in [-0.25, -0.2) is 19.9 Å². The minimum Gasteiger partial charge on any atom is -0.228 e. The summed E-state index contributed by atoms with van der Waals surface area (Å²) in [6.07, 6.45) is 0. The number of nitrogens with zero attached hydrogens (tertiary/aromatic N) is 4. The summed E-state index contributed by atoms with van der Waals surface area (Å²) in [4.78, 5) is 20.5. The molecule has 4 heteroatoms. The molecule has 0 fully saturated rings. The highest BCUT2D eigenvalue weighted by Crippen LogP contribution is 2.36. The van der Waals surface area contributed by atoms with Gasteiger partial charge >= 0.3 is 0 Å². The van der Waals surface area contributed by atoms with E-state index in [-0.39, 0.29) is 0 Å². The molecular formula is C54H34N4. The van der Waals surface area contributed by atoms with Crippen molar-refractivity contribution < 1.29 is 0 Å². The molecule has 11 aromatic rings. The Hall–Kier alpha value is -7.82. The zero-order valence-electron chi connectivity index (χ0n) is 31.4. The molecule has 11 rings (SSSR count). The fraction of sp³-hybridized carbons (Fsp3) is 0. The lowest BCUT2D eigenvalue weighted by Gasteiger charge is -2.12. The number of fused-ring (bicyclic) bond motifs is 4. The van der Waals surface area contributed by atoms with E-state index in [0.717, 1.165) is 55.4 Å². The molecule has 0 saturated carbocycles. The van der Waals surface area contributed by atoms with Crippen LogP contribution in [0.1, 0.15) is 0 Å². The Balaban J connectivity index is 0.938. The SMILES string of the molecule is c1ccc2c(-c3ccc(-c4nc(-c5ccc(-c6nc(-c7ccc(-c8cccc9ccccc89)cc7)c7ccccc7n6)cc5)nc5ccccc45)cc3)cccc2c1. The van der Waals surface area contributed by atoms with E-state index < -0.39 is 0 Å². The lowest BCUT2D eigenvalue weighted by atomic mass is 9.96. The minimum atomic E-state index is 0.671. The van der Waals surface area contributed by atoms with E-state index in [1.54, 1.807) is 0 Å². The van der Waals surface area contributed by atoms with E-state index >= 15 is 0 Å². The average Bonchev–Trinajstić information content (AvgIpc) is 3.30. The van der Waals surface area contributed by atoms with Crippen molar-refractivity contribution >= 4 is 43.4 Å². The number of hydrogen-bond donors (Lipinski definition) is 0. The molecule has 2 heterocycles. The van der Waals surface area contributed by atoms with Gasteiger partial charge in [0.15, 0.2) is 11.6 Å². The Morgan fingerprint density at radius 3 is 0.983 bits per heavy atom. The Kier molecular flexibility index (Phi) is 8.11. The van der Waals surface area contributed by atoms with E-state index in [4.69, 9.17) is 19.9 Å². The Bertz CT molecular complexity index is 3080. The van der Waals surface area contributed by atoms with E-state index in [1.807, 2.05) is 24.3 Å². The van der Waals surface area contributed by atoms with Crippen LogP contribution in [0.3, 0.4) is 0 Å². The molecular weight excluding hydrogens is 705 g/mol. The van der Waals surface area contributed by atoms with Gasteiger partial charge in [0.25, 0.3) is 0 Å². The summed E-state index contributed by atoms with van der Waals surface area (Å²) < 4.78 is 0. The fourth-order valence-electron chi connectivity index (χ4n) is 8.19. The van der Waals surface area contributed by atoms with Crippen molar-refractivity contribution in [2.24, 2.45) is 0 Å². The highest BCUT2D eigenvalue weighted by atomic mass is 14.9. The van der Waals surface area contributed by atoms with E-state index in [9.17, 15) is 0 Å². The topological polar surface area (TPSA) is 51.6 Å². The zero-order chi connectivity index (χ0) is 38.4. The van der Waals surface area contributed by atoms with Crippen LogP contribution in [0, 0.1) is 0 Å². The van der Waals surface area contributed by atoms with Crippen LogP contribution in [0.25, 0.3) is 111 Å². The van der Waals surface area contributed by atoms with Gasteiger partial charge in [0, 0.05) is 33.0 Å². The molecule has 0 unspecified atom stereocenters. The largest absolute Gasteiger partial charge is 0.228 e. The predicted molar refractivity (Wildman–Crippen MR) is 240 cm³/mol. The Morgan fingerprint density at radius 1 is 0.224 bits per heavy atom.